The third-order valence-corrected chi connectivity index (χ3v) is 6.35. The van der Waals surface area contributed by atoms with Crippen molar-refractivity contribution in [3.8, 4) is 0 Å². The van der Waals surface area contributed by atoms with Gasteiger partial charge in [-0.1, -0.05) is 47.9 Å². The lowest BCUT2D eigenvalue weighted by molar-refractivity contribution is -0.115. The number of nitrogens with zero attached hydrogens (tertiary/aromatic N) is 2. The number of benzene rings is 1. The van der Waals surface area contributed by atoms with E-state index in [1.54, 1.807) is 37.7 Å². The molecule has 2 rings (SSSR count). The first-order chi connectivity index (χ1) is 11.0. The second-order valence-electron chi connectivity index (χ2n) is 4.90. The van der Waals surface area contributed by atoms with Gasteiger partial charge in [0.2, 0.25) is 5.91 Å². The van der Waals surface area contributed by atoms with Crippen LogP contribution in [-0.4, -0.2) is 27.1 Å². The van der Waals surface area contributed by atoms with Crippen LogP contribution in [0.1, 0.15) is 25.8 Å². The molecule has 124 valence electrons. The van der Waals surface area contributed by atoms with E-state index < -0.39 is 0 Å². The molecule has 0 saturated carbocycles. The Kier molecular flexibility index (Phi) is 6.86. The summed E-state index contributed by atoms with van der Waals surface area (Å²) in [4.78, 5) is 12.2. The van der Waals surface area contributed by atoms with Crippen molar-refractivity contribution in [3.63, 3.8) is 0 Å². The Morgan fingerprint density at radius 1 is 1.39 bits per heavy atom. The van der Waals surface area contributed by atoms with Gasteiger partial charge in [0.25, 0.3) is 0 Å². The number of nitrogens with one attached hydrogen (secondary N) is 1. The van der Waals surface area contributed by atoms with Crippen LogP contribution in [0.25, 0.3) is 0 Å². The Labute approximate surface area is 147 Å². The lowest BCUT2D eigenvalue weighted by Crippen LogP contribution is -2.22. The highest BCUT2D eigenvalue weighted by Gasteiger charge is 2.17. The zero-order chi connectivity index (χ0) is 16.8. The number of rotatable bonds is 7. The zero-order valence-electron chi connectivity index (χ0n) is 13.1. The summed E-state index contributed by atoms with van der Waals surface area (Å²) < 4.78 is 15.2. The maximum absolute atomic E-state index is 13.5. The maximum Gasteiger partial charge on any atom is 0.237 e. The summed E-state index contributed by atoms with van der Waals surface area (Å²) in [7, 11) is 0. The van der Waals surface area contributed by atoms with Gasteiger partial charge >= 0.3 is 0 Å². The van der Waals surface area contributed by atoms with Crippen molar-refractivity contribution in [2.45, 2.75) is 41.1 Å². The Bertz CT molecular complexity index is 678. The Morgan fingerprint density at radius 3 is 2.83 bits per heavy atom. The second-order valence-corrected chi connectivity index (χ2v) is 8.80. The molecule has 1 N–H and O–H groups in total. The van der Waals surface area contributed by atoms with Gasteiger partial charge in [-0.3, -0.25) is 4.79 Å². The summed E-state index contributed by atoms with van der Waals surface area (Å²) in [5.41, 5.74) is 1.01. The average Bonchev–Trinajstić information content (AvgIpc) is 2.96. The van der Waals surface area contributed by atoms with Gasteiger partial charge in [-0.25, -0.2) is 4.39 Å². The van der Waals surface area contributed by atoms with Gasteiger partial charge in [0.1, 0.15) is 5.82 Å². The second kappa shape index (κ2) is 8.65. The first kappa shape index (κ1) is 18.2. The van der Waals surface area contributed by atoms with Gasteiger partial charge in [-0.05, 0) is 38.0 Å². The van der Waals surface area contributed by atoms with Crippen molar-refractivity contribution in [2.24, 2.45) is 0 Å². The topological polar surface area (TPSA) is 54.9 Å². The number of hydrogen-bond donors (Lipinski definition) is 1. The first-order valence-electron chi connectivity index (χ1n) is 7.19. The van der Waals surface area contributed by atoms with Gasteiger partial charge in [0.05, 0.1) is 5.25 Å². The van der Waals surface area contributed by atoms with E-state index in [9.17, 15) is 9.18 Å². The summed E-state index contributed by atoms with van der Waals surface area (Å²) in [5.74, 6) is 0.495. The van der Waals surface area contributed by atoms with Crippen LogP contribution in [-0.2, 0) is 4.79 Å². The van der Waals surface area contributed by atoms with Gasteiger partial charge in [0.15, 0.2) is 8.68 Å². The van der Waals surface area contributed by atoms with Gasteiger partial charge in [-0.15, -0.1) is 10.2 Å². The zero-order valence-corrected chi connectivity index (χ0v) is 15.6. The van der Waals surface area contributed by atoms with Crippen LogP contribution < -0.4 is 5.32 Å². The van der Waals surface area contributed by atoms with E-state index in [0.717, 1.165) is 20.9 Å². The number of thioether (sulfide) groups is 2. The van der Waals surface area contributed by atoms with Gasteiger partial charge in [0, 0.05) is 11.4 Å². The number of carbonyl (C=O) groups excluding carboxylic acids is 1. The molecule has 1 aromatic carbocycles. The molecular weight excluding hydrogens is 353 g/mol. The van der Waals surface area contributed by atoms with E-state index in [4.69, 9.17) is 0 Å². The Balaban J connectivity index is 1.91. The fraction of sp³-hybridized carbons (Fsp3) is 0.400. The molecule has 0 fully saturated rings. The number of aromatic nitrogens is 2. The Hall–Kier alpha value is -1.12. The molecule has 1 aromatic heterocycles. The number of aryl methyl sites for hydroxylation is 1. The van der Waals surface area contributed by atoms with E-state index in [1.165, 1.54) is 29.2 Å². The molecule has 0 aliphatic heterocycles. The molecule has 0 bridgehead atoms. The molecule has 0 spiro atoms. The number of anilines is 1. The molecule has 4 nitrogen and oxygen atoms in total. The molecular formula is C15H18FN3OS3. The Morgan fingerprint density at radius 2 is 2.13 bits per heavy atom. The van der Waals surface area contributed by atoms with E-state index in [2.05, 4.69) is 22.4 Å². The SMILES string of the molecule is CCCSc1nnc(S[C@H](C)C(=O)Nc2ccc(C)c(F)c2)s1. The van der Waals surface area contributed by atoms with Crippen LogP contribution in [0.2, 0.25) is 0 Å². The summed E-state index contributed by atoms with van der Waals surface area (Å²) in [5, 5.41) is 10.6. The van der Waals surface area contributed by atoms with Crippen molar-refractivity contribution in [2.75, 3.05) is 11.1 Å². The average molecular weight is 372 g/mol. The fourth-order valence-electron chi connectivity index (χ4n) is 1.61. The molecule has 23 heavy (non-hydrogen) atoms. The van der Waals surface area contributed by atoms with Crippen LogP contribution in [0, 0.1) is 12.7 Å². The standard InChI is InChI=1S/C15H18FN3OS3/c1-4-7-21-14-18-19-15(23-14)22-10(3)13(20)17-11-6-5-9(2)12(16)8-11/h5-6,8,10H,4,7H2,1-3H3,(H,17,20)/t10-/m1/s1. The monoisotopic (exact) mass is 371 g/mol. The van der Waals surface area contributed by atoms with Crippen LogP contribution in [0.5, 0.6) is 0 Å². The van der Waals surface area contributed by atoms with Crippen molar-refractivity contribution in [1.82, 2.24) is 10.2 Å². The van der Waals surface area contributed by atoms with Crippen LogP contribution in [0.15, 0.2) is 26.9 Å². The molecule has 0 radical (unpaired) electrons. The predicted octanol–water partition coefficient (Wildman–Crippen LogP) is 4.61. The van der Waals surface area contributed by atoms with Gasteiger partial charge < -0.3 is 5.32 Å². The van der Waals surface area contributed by atoms with Crippen LogP contribution in [0.4, 0.5) is 10.1 Å². The van der Waals surface area contributed by atoms with Crippen molar-refractivity contribution < 1.29 is 9.18 Å². The van der Waals surface area contributed by atoms with E-state index in [-0.39, 0.29) is 17.0 Å². The highest BCUT2D eigenvalue weighted by molar-refractivity contribution is 8.03. The number of hydrogen-bond acceptors (Lipinski definition) is 6. The highest BCUT2D eigenvalue weighted by atomic mass is 32.2. The summed E-state index contributed by atoms with van der Waals surface area (Å²) in [6, 6.07) is 4.66. The molecule has 8 heteroatoms. The predicted molar refractivity (Wildman–Crippen MR) is 96.0 cm³/mol. The van der Waals surface area contributed by atoms with E-state index >= 15 is 0 Å². The molecule has 0 aliphatic rings. The lowest BCUT2D eigenvalue weighted by Gasteiger charge is -2.10. The quantitative estimate of drug-likeness (QED) is 0.721. The minimum atomic E-state index is -0.337. The summed E-state index contributed by atoms with van der Waals surface area (Å²) in [6.07, 6.45) is 1.08. The summed E-state index contributed by atoms with van der Waals surface area (Å²) >= 11 is 4.52. The fourth-order valence-corrected chi connectivity index (χ4v) is 4.70. The number of halogens is 1. The van der Waals surface area contributed by atoms with E-state index in [0.29, 0.717) is 11.3 Å². The number of amides is 1. The normalized spacial score (nSPS) is 12.2. The highest BCUT2D eigenvalue weighted by Crippen LogP contribution is 2.31. The molecule has 1 amide bonds. The van der Waals surface area contributed by atoms with Crippen molar-refractivity contribution >= 4 is 46.5 Å². The van der Waals surface area contributed by atoms with Crippen molar-refractivity contribution in [3.05, 3.63) is 29.6 Å². The minimum absolute atomic E-state index is 0.184. The molecule has 0 unspecified atom stereocenters. The maximum atomic E-state index is 13.5. The van der Waals surface area contributed by atoms with Crippen LogP contribution >= 0.6 is 34.9 Å². The third kappa shape index (κ3) is 5.47. The summed E-state index contributed by atoms with van der Waals surface area (Å²) in [6.45, 7) is 5.60. The molecule has 1 atom stereocenters. The minimum Gasteiger partial charge on any atom is -0.325 e. The lowest BCUT2D eigenvalue weighted by atomic mass is 10.2. The smallest absolute Gasteiger partial charge is 0.237 e. The van der Waals surface area contributed by atoms with E-state index in [1.807, 2.05) is 0 Å². The molecule has 2 aromatic rings. The van der Waals surface area contributed by atoms with Gasteiger partial charge in [-0.2, -0.15) is 0 Å². The largest absolute Gasteiger partial charge is 0.325 e. The third-order valence-electron chi connectivity index (χ3n) is 2.90. The number of carbonyl (C=O) groups is 1. The molecule has 1 heterocycles. The molecule has 0 aliphatic carbocycles. The van der Waals surface area contributed by atoms with Crippen LogP contribution in [0.3, 0.4) is 0 Å². The molecule has 0 saturated heterocycles. The first-order valence-corrected chi connectivity index (χ1v) is 9.87. The van der Waals surface area contributed by atoms with Crippen molar-refractivity contribution in [1.29, 1.82) is 0 Å².